The van der Waals surface area contributed by atoms with Crippen LogP contribution >= 0.6 is 68.0 Å². The van der Waals surface area contributed by atoms with Gasteiger partial charge in [0.1, 0.15) is 0 Å². The Bertz CT molecular complexity index is 1930. The van der Waals surface area contributed by atoms with E-state index in [0.29, 0.717) is 0 Å². The van der Waals surface area contributed by atoms with Crippen LogP contribution in [0, 0.1) is 0 Å². The first-order chi connectivity index (χ1) is 27.5. The van der Waals surface area contributed by atoms with Crippen molar-refractivity contribution in [2.75, 3.05) is 13.1 Å². The topological polar surface area (TPSA) is 58.2 Å². The van der Waals surface area contributed by atoms with Crippen LogP contribution in [0.2, 0.25) is 0 Å². The minimum Gasteiger partial charge on any atom is -0.351 e. The van der Waals surface area contributed by atoms with Gasteiger partial charge in [0.2, 0.25) is 0 Å². The minimum atomic E-state index is 0.0440. The van der Waals surface area contributed by atoms with Gasteiger partial charge in [0.15, 0.2) is 0 Å². The maximum Gasteiger partial charge on any atom is 0.261 e. The molecule has 0 saturated heterocycles. The Kier molecular flexibility index (Phi) is 17.5. The summed E-state index contributed by atoms with van der Waals surface area (Å²) in [5.41, 5.74) is 0. The molecular weight excluding hydrogens is 805 g/mol. The predicted octanol–water partition coefficient (Wildman–Crippen LogP) is 16.1. The summed E-state index contributed by atoms with van der Waals surface area (Å²) in [6.45, 7) is 6.01. The van der Waals surface area contributed by atoms with Crippen molar-refractivity contribution in [3.8, 4) is 48.8 Å². The number of carbonyl (C=O) groups is 2. The number of unbranched alkanes of at least 4 members (excludes halogenated alkanes) is 14. The smallest absolute Gasteiger partial charge is 0.261 e. The molecule has 0 aromatic carbocycles. The molecule has 0 aliphatic heterocycles. The third kappa shape index (κ3) is 12.6. The van der Waals surface area contributed by atoms with Crippen LogP contribution in [0.15, 0.2) is 72.8 Å². The first-order valence-corrected chi connectivity index (χ1v) is 25.6. The van der Waals surface area contributed by atoms with E-state index in [1.807, 2.05) is 34.8 Å². The predicted molar refractivity (Wildman–Crippen MR) is 251 cm³/mol. The number of hydrogen-bond donors (Lipinski definition) is 2. The first kappa shape index (κ1) is 42.7. The summed E-state index contributed by atoms with van der Waals surface area (Å²) in [7, 11) is 0. The van der Waals surface area contributed by atoms with Gasteiger partial charge in [-0.05, 0) is 85.6 Å². The largest absolute Gasteiger partial charge is 0.351 e. The Morgan fingerprint density at radius 3 is 0.857 bits per heavy atom. The van der Waals surface area contributed by atoms with Crippen molar-refractivity contribution in [2.45, 2.75) is 117 Å². The van der Waals surface area contributed by atoms with Crippen LogP contribution in [0.4, 0.5) is 0 Å². The maximum absolute atomic E-state index is 12.8. The summed E-state index contributed by atoms with van der Waals surface area (Å²) >= 11 is 10.4. The van der Waals surface area contributed by atoms with Gasteiger partial charge in [0.05, 0.1) is 9.75 Å². The number of thiophene rings is 6. The number of nitrogens with one attached hydrogen (secondary N) is 2. The van der Waals surface area contributed by atoms with Crippen LogP contribution in [0.5, 0.6) is 0 Å². The molecule has 0 aliphatic rings. The SMILES string of the molecule is CCCCCCCCCCNC(=O)c1ccc(-c2ccc(-c3ccc(-c4ccc(-c5ccc(-c6ccc(C(=O)NCCCCCCCCCC)s6)s5)s4)s3)s2)s1. The lowest BCUT2D eigenvalue weighted by molar-refractivity contribution is 0.0948. The van der Waals surface area contributed by atoms with E-state index in [1.165, 1.54) is 129 Å². The van der Waals surface area contributed by atoms with Crippen molar-refractivity contribution in [2.24, 2.45) is 0 Å². The fourth-order valence-electron chi connectivity index (χ4n) is 6.69. The average molecular weight is 861 g/mol. The lowest BCUT2D eigenvalue weighted by Crippen LogP contribution is -2.23. The molecule has 56 heavy (non-hydrogen) atoms. The van der Waals surface area contributed by atoms with Gasteiger partial charge in [-0.1, -0.05) is 104 Å². The van der Waals surface area contributed by atoms with Crippen LogP contribution < -0.4 is 10.6 Å². The molecule has 10 heteroatoms. The standard InChI is InChI=1S/C46H56N2O2S6/c1-3-5-7-9-11-13-15-17-31-47-45(49)43-29-27-41(55-43)39-25-23-37(53-39)35-21-19-33(51-35)34-20-22-36(52-34)38-24-26-40(54-38)42-28-30-44(56-42)46(50)48-32-18-16-14-12-10-8-6-4-2/h19-30H,3-18,31-32H2,1-2H3,(H,47,49)(H,48,50). The van der Waals surface area contributed by atoms with Crippen molar-refractivity contribution >= 4 is 79.8 Å². The van der Waals surface area contributed by atoms with E-state index in [4.69, 9.17) is 0 Å². The van der Waals surface area contributed by atoms with Gasteiger partial charge >= 0.3 is 0 Å². The molecule has 0 bridgehead atoms. The Morgan fingerprint density at radius 2 is 0.571 bits per heavy atom. The molecule has 4 nitrogen and oxygen atoms in total. The van der Waals surface area contributed by atoms with E-state index in [2.05, 4.69) is 85.1 Å². The molecule has 0 radical (unpaired) electrons. The van der Waals surface area contributed by atoms with Crippen molar-refractivity contribution in [1.82, 2.24) is 10.6 Å². The van der Waals surface area contributed by atoms with Crippen molar-refractivity contribution in [1.29, 1.82) is 0 Å². The third-order valence-corrected chi connectivity index (χ3v) is 17.4. The molecule has 0 saturated carbocycles. The molecule has 0 aliphatic carbocycles. The van der Waals surface area contributed by atoms with Crippen LogP contribution in [0.25, 0.3) is 48.8 Å². The highest BCUT2D eigenvalue weighted by atomic mass is 32.1. The van der Waals surface area contributed by atoms with Crippen LogP contribution in [0.3, 0.4) is 0 Å². The second-order valence-electron chi connectivity index (χ2n) is 14.4. The zero-order valence-corrected chi connectivity index (χ0v) is 37.8. The lowest BCUT2D eigenvalue weighted by atomic mass is 10.1. The van der Waals surface area contributed by atoms with Crippen molar-refractivity contribution in [3.63, 3.8) is 0 Å². The van der Waals surface area contributed by atoms with Crippen LogP contribution in [0.1, 0.15) is 136 Å². The monoisotopic (exact) mass is 860 g/mol. The van der Waals surface area contributed by atoms with E-state index in [9.17, 15) is 9.59 Å². The van der Waals surface area contributed by atoms with E-state index in [0.717, 1.165) is 45.4 Å². The third-order valence-electron chi connectivity index (χ3n) is 9.93. The molecule has 6 aromatic rings. The molecule has 6 aromatic heterocycles. The molecule has 298 valence electrons. The molecular formula is C46H56N2O2S6. The number of hydrogen-bond acceptors (Lipinski definition) is 8. The Hall–Kier alpha value is -2.86. The van der Waals surface area contributed by atoms with E-state index < -0.39 is 0 Å². The molecule has 0 spiro atoms. The van der Waals surface area contributed by atoms with E-state index in [1.54, 1.807) is 45.3 Å². The number of carbonyl (C=O) groups excluding carboxylic acids is 2. The summed E-state index contributed by atoms with van der Waals surface area (Å²) in [4.78, 5) is 39.5. The molecule has 2 amide bonds. The highest BCUT2D eigenvalue weighted by Gasteiger charge is 2.16. The molecule has 2 N–H and O–H groups in total. The summed E-state index contributed by atoms with van der Waals surface area (Å²) in [6, 6.07) is 25.8. The van der Waals surface area contributed by atoms with Crippen LogP contribution in [-0.4, -0.2) is 24.9 Å². The molecule has 0 unspecified atom stereocenters. The van der Waals surface area contributed by atoms with Gasteiger partial charge in [-0.15, -0.1) is 68.0 Å². The summed E-state index contributed by atoms with van der Waals surface area (Å²) in [5.74, 6) is 0.0879. The summed E-state index contributed by atoms with van der Waals surface area (Å²) < 4.78 is 0. The summed E-state index contributed by atoms with van der Waals surface area (Å²) in [5, 5.41) is 6.26. The van der Waals surface area contributed by atoms with Gasteiger partial charge in [0, 0.05) is 61.9 Å². The van der Waals surface area contributed by atoms with Crippen LogP contribution in [-0.2, 0) is 0 Å². The second kappa shape index (κ2) is 22.9. The van der Waals surface area contributed by atoms with Gasteiger partial charge < -0.3 is 10.6 Å². The highest BCUT2D eigenvalue weighted by Crippen LogP contribution is 2.46. The first-order valence-electron chi connectivity index (χ1n) is 20.7. The second-order valence-corrected chi connectivity index (χ2v) is 20.9. The lowest BCUT2D eigenvalue weighted by Gasteiger charge is -2.04. The zero-order chi connectivity index (χ0) is 39.0. The molecule has 0 fully saturated rings. The van der Waals surface area contributed by atoms with Gasteiger partial charge in [-0.25, -0.2) is 0 Å². The normalized spacial score (nSPS) is 11.4. The molecule has 6 rings (SSSR count). The Morgan fingerprint density at radius 1 is 0.339 bits per heavy atom. The highest BCUT2D eigenvalue weighted by molar-refractivity contribution is 7.30. The van der Waals surface area contributed by atoms with E-state index in [-0.39, 0.29) is 11.8 Å². The van der Waals surface area contributed by atoms with E-state index >= 15 is 0 Å². The number of rotatable bonds is 25. The Balaban J connectivity index is 0.961. The van der Waals surface area contributed by atoms with Gasteiger partial charge in [-0.3, -0.25) is 9.59 Å². The fraction of sp³-hybridized carbons (Fsp3) is 0.435. The molecule has 0 atom stereocenters. The maximum atomic E-state index is 12.8. The van der Waals surface area contributed by atoms with Crippen molar-refractivity contribution < 1.29 is 9.59 Å². The average Bonchev–Trinajstić information content (AvgIpc) is 4.06. The number of amides is 2. The zero-order valence-electron chi connectivity index (χ0n) is 32.9. The molecule has 6 heterocycles. The fourth-order valence-corrected chi connectivity index (χ4v) is 13.0. The summed E-state index contributed by atoms with van der Waals surface area (Å²) in [6.07, 6.45) is 20.3. The van der Waals surface area contributed by atoms with Gasteiger partial charge in [0.25, 0.3) is 11.8 Å². The van der Waals surface area contributed by atoms with Crippen molar-refractivity contribution in [3.05, 3.63) is 82.6 Å². The quantitative estimate of drug-likeness (QED) is 0.0564. The minimum absolute atomic E-state index is 0.0440. The Labute approximate surface area is 358 Å². The van der Waals surface area contributed by atoms with Gasteiger partial charge in [-0.2, -0.15) is 0 Å².